The summed E-state index contributed by atoms with van der Waals surface area (Å²) in [5.41, 5.74) is 0.892. The zero-order chi connectivity index (χ0) is 17.1. The van der Waals surface area contributed by atoms with E-state index in [-0.39, 0.29) is 11.8 Å². The molecular weight excluding hydrogens is 304 g/mol. The molecule has 24 heavy (non-hydrogen) atoms. The van der Waals surface area contributed by atoms with Crippen molar-refractivity contribution < 1.29 is 9.59 Å². The van der Waals surface area contributed by atoms with E-state index in [0.717, 1.165) is 30.8 Å². The van der Waals surface area contributed by atoms with Crippen LogP contribution in [0.15, 0.2) is 6.07 Å². The molecule has 1 atom stereocenters. The summed E-state index contributed by atoms with van der Waals surface area (Å²) >= 11 is 0. The second-order valence-electron chi connectivity index (χ2n) is 7.21. The van der Waals surface area contributed by atoms with Crippen LogP contribution in [0, 0.1) is 12.8 Å². The van der Waals surface area contributed by atoms with Gasteiger partial charge in [0.05, 0.1) is 5.69 Å². The normalized spacial score (nSPS) is 22.2. The van der Waals surface area contributed by atoms with Crippen molar-refractivity contribution in [3.8, 4) is 0 Å². The molecule has 6 heteroatoms. The van der Waals surface area contributed by atoms with Crippen molar-refractivity contribution in [2.75, 3.05) is 11.4 Å². The number of aromatic nitrogens is 2. The van der Waals surface area contributed by atoms with Crippen LogP contribution in [0.2, 0.25) is 0 Å². The Morgan fingerprint density at radius 2 is 2.04 bits per heavy atom. The van der Waals surface area contributed by atoms with Gasteiger partial charge in [-0.15, -0.1) is 0 Å². The standard InChI is InChI=1S/C18H28N4O2/c1-13-12-17(21(2)20-13)22-11-5-8-15(18(22)24)19-16(23)10-9-14-6-3-4-7-14/h12,14-15H,3-11H2,1-2H3,(H,19,23)/t15-/m0/s1. The van der Waals surface area contributed by atoms with E-state index in [1.807, 2.05) is 20.0 Å². The fourth-order valence-corrected chi connectivity index (χ4v) is 3.99. The van der Waals surface area contributed by atoms with Crippen LogP contribution >= 0.6 is 0 Å². The average Bonchev–Trinajstić information content (AvgIpc) is 3.17. The summed E-state index contributed by atoms with van der Waals surface area (Å²) in [6.07, 6.45) is 8.22. The molecule has 0 radical (unpaired) electrons. The Labute approximate surface area is 143 Å². The van der Waals surface area contributed by atoms with Crippen molar-refractivity contribution in [1.82, 2.24) is 15.1 Å². The quantitative estimate of drug-likeness (QED) is 0.900. The van der Waals surface area contributed by atoms with Gasteiger partial charge in [0.15, 0.2) is 0 Å². The maximum absolute atomic E-state index is 12.8. The number of nitrogens with zero attached hydrogens (tertiary/aromatic N) is 3. The highest BCUT2D eigenvalue weighted by Crippen LogP contribution is 2.28. The van der Waals surface area contributed by atoms with Crippen molar-refractivity contribution in [2.24, 2.45) is 13.0 Å². The van der Waals surface area contributed by atoms with Gasteiger partial charge >= 0.3 is 0 Å². The van der Waals surface area contributed by atoms with Crippen molar-refractivity contribution in [1.29, 1.82) is 0 Å². The van der Waals surface area contributed by atoms with Crippen LogP contribution in [0.25, 0.3) is 0 Å². The Bertz CT molecular complexity index is 604. The molecule has 1 aromatic heterocycles. The third kappa shape index (κ3) is 3.79. The molecule has 2 fully saturated rings. The molecule has 0 aromatic carbocycles. The number of hydrogen-bond acceptors (Lipinski definition) is 3. The lowest BCUT2D eigenvalue weighted by Gasteiger charge is -2.32. The van der Waals surface area contributed by atoms with Crippen LogP contribution in [0.5, 0.6) is 0 Å². The summed E-state index contributed by atoms with van der Waals surface area (Å²) in [7, 11) is 1.85. The molecule has 1 aliphatic carbocycles. The lowest BCUT2D eigenvalue weighted by molar-refractivity contribution is -0.128. The van der Waals surface area contributed by atoms with Crippen molar-refractivity contribution in [2.45, 2.75) is 64.3 Å². The molecule has 132 valence electrons. The summed E-state index contributed by atoms with van der Waals surface area (Å²) in [4.78, 5) is 26.7. The zero-order valence-corrected chi connectivity index (χ0v) is 14.8. The first-order valence-electron chi connectivity index (χ1n) is 9.16. The number of piperidine rings is 1. The third-order valence-electron chi connectivity index (χ3n) is 5.28. The van der Waals surface area contributed by atoms with Gasteiger partial charge in [-0.25, -0.2) is 0 Å². The smallest absolute Gasteiger partial charge is 0.250 e. The number of nitrogens with one attached hydrogen (secondary N) is 1. The molecule has 1 saturated carbocycles. The lowest BCUT2D eigenvalue weighted by atomic mass is 10.0. The molecule has 1 N–H and O–H groups in total. The highest BCUT2D eigenvalue weighted by molar-refractivity contribution is 5.99. The molecule has 1 aromatic rings. The topological polar surface area (TPSA) is 67.2 Å². The molecule has 6 nitrogen and oxygen atoms in total. The van der Waals surface area contributed by atoms with Crippen molar-refractivity contribution in [3.63, 3.8) is 0 Å². The average molecular weight is 332 g/mol. The Morgan fingerprint density at radius 1 is 1.29 bits per heavy atom. The lowest BCUT2D eigenvalue weighted by Crippen LogP contribution is -2.52. The first-order chi connectivity index (χ1) is 11.5. The molecule has 1 aliphatic heterocycles. The van der Waals surface area contributed by atoms with Crippen LogP contribution in [0.1, 0.15) is 57.1 Å². The molecule has 0 unspecified atom stereocenters. The zero-order valence-electron chi connectivity index (χ0n) is 14.8. The van der Waals surface area contributed by atoms with E-state index in [2.05, 4.69) is 10.4 Å². The number of amides is 2. The summed E-state index contributed by atoms with van der Waals surface area (Å²) in [6, 6.07) is 1.52. The van der Waals surface area contributed by atoms with Gasteiger partial charge in [0.25, 0.3) is 5.91 Å². The van der Waals surface area contributed by atoms with Gasteiger partial charge in [0.1, 0.15) is 11.9 Å². The highest BCUT2D eigenvalue weighted by atomic mass is 16.2. The van der Waals surface area contributed by atoms with Gasteiger partial charge in [-0.2, -0.15) is 5.10 Å². The fraction of sp³-hybridized carbons (Fsp3) is 0.722. The minimum atomic E-state index is -0.398. The van der Waals surface area contributed by atoms with Gasteiger partial charge in [0, 0.05) is 26.1 Å². The van der Waals surface area contributed by atoms with Crippen LogP contribution in [0.4, 0.5) is 5.82 Å². The summed E-state index contributed by atoms with van der Waals surface area (Å²) in [5.74, 6) is 1.51. The minimum absolute atomic E-state index is 0.0153. The van der Waals surface area contributed by atoms with Gasteiger partial charge < -0.3 is 5.32 Å². The molecule has 0 spiro atoms. The maximum Gasteiger partial charge on any atom is 0.250 e. The van der Waals surface area contributed by atoms with Crippen LogP contribution in [-0.2, 0) is 16.6 Å². The second-order valence-corrected chi connectivity index (χ2v) is 7.21. The van der Waals surface area contributed by atoms with Crippen LogP contribution in [0.3, 0.4) is 0 Å². The Morgan fingerprint density at radius 3 is 2.71 bits per heavy atom. The van der Waals surface area contributed by atoms with Crippen molar-refractivity contribution >= 4 is 17.6 Å². The number of aryl methyl sites for hydroxylation is 2. The first kappa shape index (κ1) is 17.0. The van der Waals surface area contributed by atoms with E-state index in [1.54, 1.807) is 9.58 Å². The summed E-state index contributed by atoms with van der Waals surface area (Å²) in [6.45, 7) is 2.60. The van der Waals surface area contributed by atoms with Crippen LogP contribution < -0.4 is 10.2 Å². The number of hydrogen-bond donors (Lipinski definition) is 1. The Kier molecular flexibility index (Phi) is 5.21. The Hall–Kier alpha value is -1.85. The van der Waals surface area contributed by atoms with E-state index in [4.69, 9.17) is 0 Å². The summed E-state index contributed by atoms with van der Waals surface area (Å²) in [5, 5.41) is 7.27. The molecule has 1 saturated heterocycles. The molecule has 2 amide bonds. The van der Waals surface area contributed by atoms with Crippen molar-refractivity contribution in [3.05, 3.63) is 11.8 Å². The largest absolute Gasteiger partial charge is 0.344 e. The molecular formula is C18H28N4O2. The van der Waals surface area contributed by atoms with E-state index in [0.29, 0.717) is 18.9 Å². The van der Waals surface area contributed by atoms with E-state index >= 15 is 0 Å². The number of anilines is 1. The number of rotatable bonds is 5. The maximum atomic E-state index is 12.8. The third-order valence-corrected chi connectivity index (χ3v) is 5.28. The SMILES string of the molecule is Cc1cc(N2CCC[C@H](NC(=O)CCC3CCCC3)C2=O)n(C)n1. The molecule has 3 rings (SSSR count). The second kappa shape index (κ2) is 7.36. The predicted molar refractivity (Wildman–Crippen MR) is 92.7 cm³/mol. The highest BCUT2D eigenvalue weighted by Gasteiger charge is 2.32. The molecule has 0 bridgehead atoms. The fourth-order valence-electron chi connectivity index (χ4n) is 3.99. The minimum Gasteiger partial charge on any atom is -0.344 e. The molecule has 2 heterocycles. The first-order valence-corrected chi connectivity index (χ1v) is 9.16. The van der Waals surface area contributed by atoms with E-state index < -0.39 is 6.04 Å². The van der Waals surface area contributed by atoms with Gasteiger partial charge in [-0.3, -0.25) is 19.2 Å². The van der Waals surface area contributed by atoms with E-state index in [9.17, 15) is 9.59 Å². The number of carbonyl (C=O) groups is 2. The van der Waals surface area contributed by atoms with Gasteiger partial charge in [-0.05, 0) is 32.1 Å². The monoisotopic (exact) mass is 332 g/mol. The Balaban J connectivity index is 1.56. The number of carbonyl (C=O) groups excluding carboxylic acids is 2. The van der Waals surface area contributed by atoms with Gasteiger partial charge in [0.2, 0.25) is 5.91 Å². The van der Waals surface area contributed by atoms with Crippen LogP contribution in [-0.4, -0.2) is 34.2 Å². The predicted octanol–water partition coefficient (Wildman–Crippen LogP) is 2.31. The molecule has 2 aliphatic rings. The van der Waals surface area contributed by atoms with E-state index in [1.165, 1.54) is 25.7 Å². The van der Waals surface area contributed by atoms with Gasteiger partial charge in [-0.1, -0.05) is 25.7 Å². The summed E-state index contributed by atoms with van der Waals surface area (Å²) < 4.78 is 1.73.